The number of halogens is 1. The minimum absolute atomic E-state index is 0.0231. The Labute approximate surface area is 116 Å². The van der Waals surface area contributed by atoms with Crippen molar-refractivity contribution in [2.24, 2.45) is 5.73 Å². The molecule has 0 aromatic heterocycles. The van der Waals surface area contributed by atoms with Crippen LogP contribution >= 0.6 is 11.6 Å². The zero-order valence-corrected chi connectivity index (χ0v) is 11.3. The van der Waals surface area contributed by atoms with Crippen LogP contribution in [0.2, 0.25) is 5.02 Å². The Bertz CT molecular complexity index is 626. The van der Waals surface area contributed by atoms with Gasteiger partial charge in [0.2, 0.25) is 6.79 Å². The van der Waals surface area contributed by atoms with Gasteiger partial charge in [-0.1, -0.05) is 23.7 Å². The first kappa shape index (κ1) is 12.3. The molecule has 1 heterocycles. The fourth-order valence-corrected chi connectivity index (χ4v) is 2.34. The summed E-state index contributed by atoms with van der Waals surface area (Å²) in [4.78, 5) is 0. The highest BCUT2D eigenvalue weighted by Crippen LogP contribution is 2.38. The van der Waals surface area contributed by atoms with Gasteiger partial charge in [0.1, 0.15) is 0 Å². The van der Waals surface area contributed by atoms with Crippen LogP contribution in [0.15, 0.2) is 36.4 Å². The topological polar surface area (TPSA) is 44.5 Å². The number of hydrogen-bond donors (Lipinski definition) is 1. The van der Waals surface area contributed by atoms with Gasteiger partial charge >= 0.3 is 0 Å². The molecule has 0 spiro atoms. The van der Waals surface area contributed by atoms with E-state index < -0.39 is 0 Å². The highest BCUT2D eigenvalue weighted by molar-refractivity contribution is 6.33. The molecular weight excluding hydrogens is 262 g/mol. The number of hydrogen-bond acceptors (Lipinski definition) is 3. The Hall–Kier alpha value is -1.71. The zero-order valence-electron chi connectivity index (χ0n) is 10.5. The van der Waals surface area contributed by atoms with Gasteiger partial charge in [0.15, 0.2) is 11.5 Å². The SMILES string of the molecule is CC(N)c1ccc(Cl)c(-c2ccc3c(c2)OCO3)c1. The third kappa shape index (κ3) is 2.27. The van der Waals surface area contributed by atoms with E-state index in [2.05, 4.69) is 0 Å². The van der Waals surface area contributed by atoms with E-state index in [-0.39, 0.29) is 12.8 Å². The number of fused-ring (bicyclic) bond motifs is 1. The molecule has 0 saturated carbocycles. The third-order valence-corrected chi connectivity index (χ3v) is 3.53. The molecule has 3 nitrogen and oxygen atoms in total. The van der Waals surface area contributed by atoms with Crippen LogP contribution in [0.5, 0.6) is 11.5 Å². The number of benzene rings is 2. The second kappa shape index (κ2) is 4.76. The summed E-state index contributed by atoms with van der Waals surface area (Å²) in [7, 11) is 0. The molecule has 19 heavy (non-hydrogen) atoms. The van der Waals surface area contributed by atoms with Crippen molar-refractivity contribution < 1.29 is 9.47 Å². The molecule has 2 N–H and O–H groups in total. The second-order valence-corrected chi connectivity index (χ2v) is 5.00. The average Bonchev–Trinajstić information content (AvgIpc) is 2.86. The quantitative estimate of drug-likeness (QED) is 0.908. The van der Waals surface area contributed by atoms with Crippen LogP contribution in [0.1, 0.15) is 18.5 Å². The van der Waals surface area contributed by atoms with Crippen molar-refractivity contribution in [2.75, 3.05) is 6.79 Å². The van der Waals surface area contributed by atoms with E-state index in [0.29, 0.717) is 5.02 Å². The summed E-state index contributed by atoms with van der Waals surface area (Å²) in [5.41, 5.74) is 8.92. The highest BCUT2D eigenvalue weighted by atomic mass is 35.5. The Kier molecular flexibility index (Phi) is 3.09. The molecule has 0 amide bonds. The lowest BCUT2D eigenvalue weighted by atomic mass is 10.00. The van der Waals surface area contributed by atoms with E-state index in [1.807, 2.05) is 43.3 Å². The number of ether oxygens (including phenoxy) is 2. The molecule has 4 heteroatoms. The molecule has 2 aromatic carbocycles. The predicted molar refractivity (Wildman–Crippen MR) is 75.6 cm³/mol. The van der Waals surface area contributed by atoms with E-state index in [1.165, 1.54) is 0 Å². The van der Waals surface area contributed by atoms with Gasteiger partial charge in [0.05, 0.1) is 0 Å². The summed E-state index contributed by atoms with van der Waals surface area (Å²) in [5, 5.41) is 0.697. The van der Waals surface area contributed by atoms with Gasteiger partial charge in [-0.25, -0.2) is 0 Å². The minimum atomic E-state index is -0.0231. The van der Waals surface area contributed by atoms with E-state index in [0.717, 1.165) is 28.2 Å². The van der Waals surface area contributed by atoms with Gasteiger partial charge in [-0.2, -0.15) is 0 Å². The molecule has 1 aliphatic heterocycles. The van der Waals surface area contributed by atoms with E-state index >= 15 is 0 Å². The maximum atomic E-state index is 6.27. The molecular formula is C15H14ClNO2. The molecule has 0 aliphatic carbocycles. The van der Waals surface area contributed by atoms with Crippen LogP contribution in [-0.2, 0) is 0 Å². The van der Waals surface area contributed by atoms with Crippen molar-refractivity contribution >= 4 is 11.6 Å². The van der Waals surface area contributed by atoms with Crippen molar-refractivity contribution in [3.8, 4) is 22.6 Å². The number of rotatable bonds is 2. The van der Waals surface area contributed by atoms with E-state index in [4.69, 9.17) is 26.8 Å². The van der Waals surface area contributed by atoms with E-state index in [1.54, 1.807) is 0 Å². The first-order chi connectivity index (χ1) is 9.15. The molecule has 1 aliphatic rings. The van der Waals surface area contributed by atoms with Gasteiger partial charge < -0.3 is 15.2 Å². The van der Waals surface area contributed by atoms with Crippen molar-refractivity contribution in [3.63, 3.8) is 0 Å². The molecule has 1 unspecified atom stereocenters. The average molecular weight is 276 g/mol. The molecule has 3 rings (SSSR count). The fraction of sp³-hybridized carbons (Fsp3) is 0.200. The smallest absolute Gasteiger partial charge is 0.231 e. The second-order valence-electron chi connectivity index (χ2n) is 4.60. The standard InChI is InChI=1S/C15H14ClNO2/c1-9(17)10-2-4-13(16)12(6-10)11-3-5-14-15(7-11)19-8-18-14/h2-7,9H,8,17H2,1H3. The summed E-state index contributed by atoms with van der Waals surface area (Å²) >= 11 is 6.27. The van der Waals surface area contributed by atoms with Crippen LogP contribution in [0.25, 0.3) is 11.1 Å². The predicted octanol–water partition coefficient (Wildman–Crippen LogP) is 3.76. The maximum Gasteiger partial charge on any atom is 0.231 e. The van der Waals surface area contributed by atoms with Crippen molar-refractivity contribution in [2.45, 2.75) is 13.0 Å². The highest BCUT2D eigenvalue weighted by Gasteiger charge is 2.15. The Balaban J connectivity index is 2.08. The Morgan fingerprint density at radius 1 is 1.11 bits per heavy atom. The van der Waals surface area contributed by atoms with Crippen LogP contribution in [0, 0.1) is 0 Å². The lowest BCUT2D eigenvalue weighted by Gasteiger charge is -2.11. The molecule has 0 radical (unpaired) electrons. The Morgan fingerprint density at radius 3 is 2.68 bits per heavy atom. The van der Waals surface area contributed by atoms with Crippen molar-refractivity contribution in [1.29, 1.82) is 0 Å². The van der Waals surface area contributed by atoms with Gasteiger partial charge in [0, 0.05) is 16.6 Å². The lowest BCUT2D eigenvalue weighted by Crippen LogP contribution is -2.04. The van der Waals surface area contributed by atoms with Crippen LogP contribution in [-0.4, -0.2) is 6.79 Å². The summed E-state index contributed by atoms with van der Waals surface area (Å²) in [6.45, 7) is 2.22. The van der Waals surface area contributed by atoms with Crippen LogP contribution < -0.4 is 15.2 Å². The van der Waals surface area contributed by atoms with E-state index in [9.17, 15) is 0 Å². The maximum absolute atomic E-state index is 6.27. The van der Waals surface area contributed by atoms with Crippen LogP contribution in [0.3, 0.4) is 0 Å². The minimum Gasteiger partial charge on any atom is -0.454 e. The van der Waals surface area contributed by atoms with Crippen molar-refractivity contribution in [1.82, 2.24) is 0 Å². The van der Waals surface area contributed by atoms with Crippen LogP contribution in [0.4, 0.5) is 0 Å². The van der Waals surface area contributed by atoms with Crippen molar-refractivity contribution in [3.05, 3.63) is 47.0 Å². The molecule has 98 valence electrons. The molecule has 0 fully saturated rings. The summed E-state index contributed by atoms with van der Waals surface area (Å²) < 4.78 is 10.7. The van der Waals surface area contributed by atoms with Gasteiger partial charge in [-0.15, -0.1) is 0 Å². The largest absolute Gasteiger partial charge is 0.454 e. The lowest BCUT2D eigenvalue weighted by molar-refractivity contribution is 0.174. The first-order valence-corrected chi connectivity index (χ1v) is 6.48. The molecule has 2 aromatic rings. The fourth-order valence-electron chi connectivity index (χ4n) is 2.11. The first-order valence-electron chi connectivity index (χ1n) is 6.10. The molecule has 0 bridgehead atoms. The number of nitrogens with two attached hydrogens (primary N) is 1. The Morgan fingerprint density at radius 2 is 1.89 bits per heavy atom. The van der Waals surface area contributed by atoms with Gasteiger partial charge in [0.25, 0.3) is 0 Å². The van der Waals surface area contributed by atoms with Gasteiger partial charge in [-0.05, 0) is 42.3 Å². The summed E-state index contributed by atoms with van der Waals surface area (Å²) in [6.07, 6.45) is 0. The monoisotopic (exact) mass is 275 g/mol. The molecule has 0 saturated heterocycles. The zero-order chi connectivity index (χ0) is 13.4. The summed E-state index contributed by atoms with van der Waals surface area (Å²) in [6, 6.07) is 11.6. The van der Waals surface area contributed by atoms with Gasteiger partial charge in [-0.3, -0.25) is 0 Å². The molecule has 1 atom stereocenters. The summed E-state index contributed by atoms with van der Waals surface area (Å²) in [5.74, 6) is 1.52. The normalized spacial score (nSPS) is 14.5. The third-order valence-electron chi connectivity index (χ3n) is 3.20.